The van der Waals surface area contributed by atoms with Crippen LogP contribution in [0.5, 0.6) is 0 Å². The number of amides is 1. The Morgan fingerprint density at radius 3 is 2.19 bits per heavy atom. The second-order valence-corrected chi connectivity index (χ2v) is 4.18. The second-order valence-electron chi connectivity index (χ2n) is 4.18. The molecule has 0 radical (unpaired) electrons. The molecule has 5 nitrogen and oxygen atoms in total. The summed E-state index contributed by atoms with van der Waals surface area (Å²) in [4.78, 5) is 25.9. The molecule has 0 rings (SSSR count). The summed E-state index contributed by atoms with van der Waals surface area (Å²) in [5.41, 5.74) is 0. The highest BCUT2D eigenvalue weighted by atomic mass is 16.4. The van der Waals surface area contributed by atoms with Crippen molar-refractivity contribution >= 4 is 11.9 Å². The maximum absolute atomic E-state index is 11.7. The van der Waals surface area contributed by atoms with Crippen LogP contribution in [0.3, 0.4) is 0 Å². The van der Waals surface area contributed by atoms with Gasteiger partial charge in [0.2, 0.25) is 5.91 Å². The fourth-order valence-corrected chi connectivity index (χ4v) is 1.72. The van der Waals surface area contributed by atoms with Gasteiger partial charge in [0.25, 0.3) is 0 Å². The van der Waals surface area contributed by atoms with E-state index in [1.54, 1.807) is 4.90 Å². The number of carboxylic acid groups (broad SMARTS) is 1. The highest BCUT2D eigenvalue weighted by molar-refractivity contribution is 5.80. The highest BCUT2D eigenvalue weighted by Crippen LogP contribution is 2.05. The van der Waals surface area contributed by atoms with Crippen molar-refractivity contribution in [1.82, 2.24) is 9.80 Å². The van der Waals surface area contributed by atoms with Gasteiger partial charge in [0.1, 0.15) is 0 Å². The molecule has 94 valence electrons. The van der Waals surface area contributed by atoms with Gasteiger partial charge in [0.05, 0.1) is 6.42 Å². The molecule has 0 aromatic heterocycles. The molecule has 0 aliphatic rings. The monoisotopic (exact) mass is 230 g/mol. The molecule has 0 fully saturated rings. The Balaban J connectivity index is 4.24. The Morgan fingerprint density at radius 2 is 1.81 bits per heavy atom. The molecule has 1 N–H and O–H groups in total. The maximum Gasteiger partial charge on any atom is 0.303 e. The first-order valence-corrected chi connectivity index (χ1v) is 5.54. The first-order valence-electron chi connectivity index (χ1n) is 5.54. The number of carboxylic acids is 1. The van der Waals surface area contributed by atoms with Crippen LogP contribution in [-0.4, -0.2) is 60.0 Å². The molecule has 5 heteroatoms. The van der Waals surface area contributed by atoms with Gasteiger partial charge in [-0.05, 0) is 27.9 Å². The molecule has 0 aliphatic carbocycles. The van der Waals surface area contributed by atoms with Crippen molar-refractivity contribution in [2.45, 2.75) is 32.7 Å². The highest BCUT2D eigenvalue weighted by Gasteiger charge is 2.19. The molecule has 0 heterocycles. The van der Waals surface area contributed by atoms with Gasteiger partial charge in [-0.1, -0.05) is 0 Å². The van der Waals surface area contributed by atoms with Crippen molar-refractivity contribution in [3.05, 3.63) is 0 Å². The van der Waals surface area contributed by atoms with E-state index in [0.717, 1.165) is 6.54 Å². The van der Waals surface area contributed by atoms with Crippen LogP contribution >= 0.6 is 0 Å². The summed E-state index contributed by atoms with van der Waals surface area (Å²) in [5.74, 6) is -1.01. The molecular weight excluding hydrogens is 208 g/mol. The molecular formula is C11H22N2O3. The number of aliphatic carboxylic acids is 1. The molecule has 0 bridgehead atoms. The van der Waals surface area contributed by atoms with Crippen LogP contribution in [0.15, 0.2) is 0 Å². The first-order chi connectivity index (χ1) is 7.38. The fourth-order valence-electron chi connectivity index (χ4n) is 1.72. The van der Waals surface area contributed by atoms with Gasteiger partial charge in [-0.25, -0.2) is 0 Å². The lowest BCUT2D eigenvalue weighted by Gasteiger charge is -2.30. The number of hydrogen-bond donors (Lipinski definition) is 1. The summed E-state index contributed by atoms with van der Waals surface area (Å²) in [7, 11) is 3.90. The van der Waals surface area contributed by atoms with Crippen molar-refractivity contribution in [1.29, 1.82) is 0 Å². The van der Waals surface area contributed by atoms with Gasteiger partial charge in [0.15, 0.2) is 0 Å². The Morgan fingerprint density at radius 1 is 1.25 bits per heavy atom. The quantitative estimate of drug-likeness (QED) is 0.697. The van der Waals surface area contributed by atoms with E-state index in [1.165, 1.54) is 0 Å². The van der Waals surface area contributed by atoms with Crippen molar-refractivity contribution in [2.75, 3.05) is 27.2 Å². The molecule has 0 aliphatic heterocycles. The van der Waals surface area contributed by atoms with E-state index in [0.29, 0.717) is 6.54 Å². The largest absolute Gasteiger partial charge is 0.481 e. The van der Waals surface area contributed by atoms with Crippen LogP contribution in [0.2, 0.25) is 0 Å². The minimum absolute atomic E-state index is 0.0840. The normalized spacial score (nSPS) is 12.6. The Labute approximate surface area is 97.0 Å². The van der Waals surface area contributed by atoms with Gasteiger partial charge in [-0.2, -0.15) is 0 Å². The Hall–Kier alpha value is -1.10. The predicted octanol–water partition coefficient (Wildman–Crippen LogP) is 0.650. The van der Waals surface area contributed by atoms with Crippen LogP contribution in [0.1, 0.15) is 26.7 Å². The van der Waals surface area contributed by atoms with E-state index >= 15 is 0 Å². The molecule has 1 amide bonds. The molecule has 0 aromatic carbocycles. The van der Waals surface area contributed by atoms with Crippen molar-refractivity contribution < 1.29 is 14.7 Å². The van der Waals surface area contributed by atoms with Crippen molar-refractivity contribution in [2.24, 2.45) is 0 Å². The molecule has 0 aromatic rings. The molecule has 0 spiro atoms. The number of rotatable bonds is 7. The lowest BCUT2D eigenvalue weighted by Crippen LogP contribution is -2.43. The standard InChI is InChI=1S/C11H22N2O3/c1-5-13(9(2)8-12(3)4)10(14)6-7-11(15)16/h9H,5-8H2,1-4H3,(H,15,16). The summed E-state index contributed by atoms with van der Waals surface area (Å²) in [6, 6.07) is 0.112. The van der Waals surface area contributed by atoms with Gasteiger partial charge in [-0.3, -0.25) is 9.59 Å². The zero-order chi connectivity index (χ0) is 12.7. The van der Waals surface area contributed by atoms with E-state index < -0.39 is 5.97 Å². The molecule has 1 atom stereocenters. The van der Waals surface area contributed by atoms with Gasteiger partial charge in [0, 0.05) is 25.6 Å². The minimum atomic E-state index is -0.926. The third-order valence-electron chi connectivity index (χ3n) is 2.38. The van der Waals surface area contributed by atoms with Crippen LogP contribution in [0, 0.1) is 0 Å². The van der Waals surface area contributed by atoms with Crippen LogP contribution in [0.25, 0.3) is 0 Å². The second kappa shape index (κ2) is 7.22. The van der Waals surface area contributed by atoms with E-state index in [1.807, 2.05) is 32.8 Å². The average molecular weight is 230 g/mol. The molecule has 0 saturated heterocycles. The summed E-state index contributed by atoms with van der Waals surface area (Å²) in [6.45, 7) is 5.28. The number of likely N-dealkylation sites (N-methyl/N-ethyl adjacent to an activating group) is 2. The van der Waals surface area contributed by atoms with Crippen molar-refractivity contribution in [3.8, 4) is 0 Å². The zero-order valence-corrected chi connectivity index (χ0v) is 10.6. The van der Waals surface area contributed by atoms with E-state index in [2.05, 4.69) is 0 Å². The van der Waals surface area contributed by atoms with E-state index in [4.69, 9.17) is 5.11 Å². The topological polar surface area (TPSA) is 60.9 Å². The Kier molecular flexibility index (Phi) is 6.72. The van der Waals surface area contributed by atoms with Crippen molar-refractivity contribution in [3.63, 3.8) is 0 Å². The van der Waals surface area contributed by atoms with E-state index in [9.17, 15) is 9.59 Å². The average Bonchev–Trinajstić information content (AvgIpc) is 2.14. The Bertz CT molecular complexity index is 241. The summed E-state index contributed by atoms with van der Waals surface area (Å²) >= 11 is 0. The lowest BCUT2D eigenvalue weighted by atomic mass is 10.2. The third kappa shape index (κ3) is 5.70. The maximum atomic E-state index is 11.7. The van der Waals surface area contributed by atoms with Gasteiger partial charge < -0.3 is 14.9 Å². The molecule has 16 heavy (non-hydrogen) atoms. The van der Waals surface area contributed by atoms with Crippen LogP contribution in [-0.2, 0) is 9.59 Å². The zero-order valence-electron chi connectivity index (χ0n) is 10.6. The smallest absolute Gasteiger partial charge is 0.303 e. The molecule has 0 saturated carbocycles. The fraction of sp³-hybridized carbons (Fsp3) is 0.818. The number of carbonyl (C=O) groups is 2. The van der Waals surface area contributed by atoms with Gasteiger partial charge in [-0.15, -0.1) is 0 Å². The van der Waals surface area contributed by atoms with Crippen LogP contribution < -0.4 is 0 Å². The number of carbonyl (C=O) groups excluding carboxylic acids is 1. The summed E-state index contributed by atoms with van der Waals surface area (Å²) in [6.07, 6.45) is -0.00897. The number of nitrogens with zero attached hydrogens (tertiary/aromatic N) is 2. The number of hydrogen-bond acceptors (Lipinski definition) is 3. The van der Waals surface area contributed by atoms with Gasteiger partial charge >= 0.3 is 5.97 Å². The predicted molar refractivity (Wildman–Crippen MR) is 62.3 cm³/mol. The lowest BCUT2D eigenvalue weighted by molar-refractivity contribution is -0.141. The molecule has 1 unspecified atom stereocenters. The van der Waals surface area contributed by atoms with Crippen LogP contribution in [0.4, 0.5) is 0 Å². The third-order valence-corrected chi connectivity index (χ3v) is 2.38. The summed E-state index contributed by atoms with van der Waals surface area (Å²) in [5, 5.41) is 8.52. The summed E-state index contributed by atoms with van der Waals surface area (Å²) < 4.78 is 0. The van der Waals surface area contributed by atoms with E-state index in [-0.39, 0.29) is 24.8 Å². The SMILES string of the molecule is CCN(C(=O)CCC(=O)O)C(C)CN(C)C. The minimum Gasteiger partial charge on any atom is -0.481 e. The first kappa shape index (κ1) is 14.9.